The van der Waals surface area contributed by atoms with Crippen molar-refractivity contribution in [1.29, 1.82) is 0 Å². The van der Waals surface area contributed by atoms with Crippen LogP contribution in [0.1, 0.15) is 22.8 Å². The van der Waals surface area contributed by atoms with Crippen molar-refractivity contribution in [2.45, 2.75) is 12.3 Å². The Morgan fingerprint density at radius 2 is 1.95 bits per heavy atom. The van der Waals surface area contributed by atoms with Gasteiger partial charge in [-0.15, -0.1) is 11.3 Å². The second kappa shape index (κ2) is 7.24. The third-order valence-corrected chi connectivity index (χ3v) is 4.40. The Morgan fingerprint density at radius 1 is 1.24 bits per heavy atom. The highest BCUT2D eigenvalue weighted by atomic mass is 32.1. The van der Waals surface area contributed by atoms with Crippen LogP contribution in [0.3, 0.4) is 0 Å². The van der Waals surface area contributed by atoms with E-state index in [4.69, 9.17) is 15.2 Å². The lowest BCUT2D eigenvalue weighted by Crippen LogP contribution is -2.17. The summed E-state index contributed by atoms with van der Waals surface area (Å²) in [4.78, 5) is 12.8. The molecule has 0 radical (unpaired) electrons. The van der Waals surface area contributed by atoms with Gasteiger partial charge in [0, 0.05) is 17.7 Å². The van der Waals surface area contributed by atoms with E-state index in [9.17, 15) is 4.79 Å². The first-order chi connectivity index (χ1) is 10.2. The molecule has 21 heavy (non-hydrogen) atoms. The molecule has 0 amide bonds. The smallest absolute Gasteiger partial charge is 0.175 e. The molecular formula is C16H19NO3S. The van der Waals surface area contributed by atoms with Gasteiger partial charge in [-0.1, -0.05) is 30.3 Å². The van der Waals surface area contributed by atoms with Gasteiger partial charge in [-0.2, -0.15) is 0 Å². The van der Waals surface area contributed by atoms with Gasteiger partial charge in [-0.05, 0) is 5.56 Å². The van der Waals surface area contributed by atoms with Gasteiger partial charge in [0.15, 0.2) is 11.5 Å². The van der Waals surface area contributed by atoms with Crippen molar-refractivity contribution >= 4 is 17.1 Å². The van der Waals surface area contributed by atoms with Crippen LogP contribution in [-0.4, -0.2) is 26.5 Å². The minimum Gasteiger partial charge on any atom is -0.492 e. The zero-order chi connectivity index (χ0) is 15.2. The molecule has 1 aromatic carbocycles. The van der Waals surface area contributed by atoms with Crippen LogP contribution >= 0.6 is 11.3 Å². The van der Waals surface area contributed by atoms with Gasteiger partial charge in [0.1, 0.15) is 5.78 Å². The maximum Gasteiger partial charge on any atom is 0.175 e. The van der Waals surface area contributed by atoms with Crippen LogP contribution < -0.4 is 15.2 Å². The van der Waals surface area contributed by atoms with Gasteiger partial charge in [0.25, 0.3) is 0 Å². The summed E-state index contributed by atoms with van der Waals surface area (Å²) in [5.41, 5.74) is 6.55. The number of ketones is 1. The van der Waals surface area contributed by atoms with E-state index in [1.54, 1.807) is 14.2 Å². The molecule has 2 aromatic rings. The quantitative estimate of drug-likeness (QED) is 0.854. The maximum atomic E-state index is 11.9. The highest BCUT2D eigenvalue weighted by Gasteiger charge is 2.25. The minimum atomic E-state index is -0.0638. The first-order valence-corrected chi connectivity index (χ1v) is 7.55. The van der Waals surface area contributed by atoms with Crippen molar-refractivity contribution in [2.75, 3.05) is 20.8 Å². The molecule has 2 N–H and O–H groups in total. The molecule has 0 aliphatic heterocycles. The van der Waals surface area contributed by atoms with Crippen LogP contribution in [0.15, 0.2) is 35.7 Å². The molecule has 4 nitrogen and oxygen atoms in total. The molecule has 112 valence electrons. The van der Waals surface area contributed by atoms with Crippen LogP contribution in [0.2, 0.25) is 0 Å². The van der Waals surface area contributed by atoms with E-state index in [1.165, 1.54) is 11.3 Å². The van der Waals surface area contributed by atoms with Crippen molar-refractivity contribution in [3.63, 3.8) is 0 Å². The molecule has 0 aliphatic rings. The fraction of sp³-hybridized carbons (Fsp3) is 0.312. The second-order valence-electron chi connectivity index (χ2n) is 4.61. The lowest BCUT2D eigenvalue weighted by molar-refractivity contribution is -0.117. The van der Waals surface area contributed by atoms with Crippen LogP contribution in [0.4, 0.5) is 0 Å². The van der Waals surface area contributed by atoms with Gasteiger partial charge < -0.3 is 15.2 Å². The largest absolute Gasteiger partial charge is 0.492 e. The monoisotopic (exact) mass is 305 g/mol. The normalized spacial score (nSPS) is 12.0. The molecule has 0 fully saturated rings. The van der Waals surface area contributed by atoms with Crippen LogP contribution in [-0.2, 0) is 4.79 Å². The highest BCUT2D eigenvalue weighted by molar-refractivity contribution is 7.10. The van der Waals surface area contributed by atoms with Crippen LogP contribution in [0.5, 0.6) is 11.5 Å². The molecule has 5 heteroatoms. The molecule has 1 aromatic heterocycles. The molecule has 0 saturated carbocycles. The molecule has 1 atom stereocenters. The van der Waals surface area contributed by atoms with Crippen molar-refractivity contribution in [2.24, 2.45) is 5.73 Å². The van der Waals surface area contributed by atoms with E-state index in [-0.39, 0.29) is 18.2 Å². The van der Waals surface area contributed by atoms with E-state index >= 15 is 0 Å². The molecule has 0 spiro atoms. The summed E-state index contributed by atoms with van der Waals surface area (Å²) < 4.78 is 10.8. The Morgan fingerprint density at radius 3 is 2.52 bits per heavy atom. The molecule has 0 aliphatic carbocycles. The molecule has 1 unspecified atom stereocenters. The van der Waals surface area contributed by atoms with Crippen LogP contribution in [0, 0.1) is 0 Å². The number of carbonyl (C=O) groups excluding carboxylic acids is 1. The predicted octanol–water partition coefficient (Wildman–Crippen LogP) is 2.82. The highest BCUT2D eigenvalue weighted by Crippen LogP contribution is 2.44. The van der Waals surface area contributed by atoms with Crippen molar-refractivity contribution in [3.8, 4) is 11.5 Å². The van der Waals surface area contributed by atoms with Crippen LogP contribution in [0.25, 0.3) is 0 Å². The second-order valence-corrected chi connectivity index (χ2v) is 5.52. The number of rotatable bonds is 7. The van der Waals surface area contributed by atoms with E-state index in [2.05, 4.69) is 0 Å². The Hall–Kier alpha value is -1.85. The number of methoxy groups -OCH3 is 2. The Kier molecular flexibility index (Phi) is 5.36. The lowest BCUT2D eigenvalue weighted by atomic mass is 9.92. The van der Waals surface area contributed by atoms with Gasteiger partial charge >= 0.3 is 0 Å². The zero-order valence-electron chi connectivity index (χ0n) is 12.2. The number of carbonyl (C=O) groups is 1. The number of benzene rings is 1. The maximum absolute atomic E-state index is 11.9. The molecular weight excluding hydrogens is 286 g/mol. The van der Waals surface area contributed by atoms with E-state index in [0.29, 0.717) is 17.9 Å². The van der Waals surface area contributed by atoms with Crippen molar-refractivity contribution < 1.29 is 14.3 Å². The molecule has 0 saturated heterocycles. The average Bonchev–Trinajstić information content (AvgIpc) is 2.95. The van der Waals surface area contributed by atoms with E-state index in [0.717, 1.165) is 10.4 Å². The fourth-order valence-corrected chi connectivity index (χ4v) is 3.40. The van der Waals surface area contributed by atoms with E-state index in [1.807, 2.05) is 35.7 Å². The molecule has 1 heterocycles. The zero-order valence-corrected chi connectivity index (χ0v) is 13.0. The number of nitrogens with two attached hydrogens (primary N) is 1. The summed E-state index contributed by atoms with van der Waals surface area (Å²) >= 11 is 1.54. The molecule has 2 rings (SSSR count). The summed E-state index contributed by atoms with van der Waals surface area (Å²) in [6.07, 6.45) is 0.362. The number of hydrogen-bond acceptors (Lipinski definition) is 5. The first-order valence-electron chi connectivity index (χ1n) is 6.67. The summed E-state index contributed by atoms with van der Waals surface area (Å²) in [5.74, 6) is 1.35. The van der Waals surface area contributed by atoms with Gasteiger partial charge in [-0.3, -0.25) is 4.79 Å². The fourth-order valence-electron chi connectivity index (χ4n) is 2.29. The summed E-state index contributed by atoms with van der Waals surface area (Å²) in [6, 6.07) is 9.91. The number of hydrogen-bond donors (Lipinski definition) is 1. The standard InChI is InChI=1S/C16H19NO3S/c1-19-14-10-21-16(15(14)20-2)13(8-12(18)9-17)11-6-4-3-5-7-11/h3-7,10,13H,8-9,17H2,1-2H3. The SMILES string of the molecule is COc1csc(C(CC(=O)CN)c2ccccc2)c1OC. The van der Waals surface area contributed by atoms with Gasteiger partial charge in [0.05, 0.1) is 25.6 Å². The predicted molar refractivity (Wildman–Crippen MR) is 84.4 cm³/mol. The summed E-state index contributed by atoms with van der Waals surface area (Å²) in [7, 11) is 3.22. The van der Waals surface area contributed by atoms with E-state index < -0.39 is 0 Å². The third-order valence-electron chi connectivity index (χ3n) is 3.34. The third kappa shape index (κ3) is 3.43. The Labute approximate surface area is 128 Å². The number of ether oxygens (including phenoxy) is 2. The van der Waals surface area contributed by atoms with Crippen molar-refractivity contribution in [3.05, 3.63) is 46.2 Å². The summed E-state index contributed by atoms with van der Waals surface area (Å²) in [5, 5.41) is 1.90. The Balaban J connectivity index is 2.44. The number of thiophene rings is 1. The van der Waals surface area contributed by atoms with Gasteiger partial charge in [0.2, 0.25) is 0 Å². The number of Topliss-reactive ketones (excluding diaryl/α,β-unsaturated/α-hetero) is 1. The average molecular weight is 305 g/mol. The topological polar surface area (TPSA) is 61.5 Å². The van der Waals surface area contributed by atoms with Crippen molar-refractivity contribution in [1.82, 2.24) is 0 Å². The molecule has 0 bridgehead atoms. The first kappa shape index (κ1) is 15.5. The Bertz CT molecular complexity index is 595. The van der Waals surface area contributed by atoms with Gasteiger partial charge in [-0.25, -0.2) is 0 Å². The lowest BCUT2D eigenvalue weighted by Gasteiger charge is -2.17. The minimum absolute atomic E-state index is 0.0262. The summed E-state index contributed by atoms with van der Waals surface area (Å²) in [6.45, 7) is 0.0498.